The van der Waals surface area contributed by atoms with Gasteiger partial charge in [-0.3, -0.25) is 0 Å². The summed E-state index contributed by atoms with van der Waals surface area (Å²) in [6, 6.07) is 11.7. The molecular weight excluding hydrogens is 222 g/mol. The Morgan fingerprint density at radius 2 is 1.78 bits per heavy atom. The van der Waals surface area contributed by atoms with Crippen molar-refractivity contribution < 1.29 is 0 Å². The van der Waals surface area contributed by atoms with Crippen LogP contribution in [0.15, 0.2) is 30.3 Å². The van der Waals surface area contributed by atoms with Crippen LogP contribution in [0.1, 0.15) is 37.7 Å². The number of hydrogen-bond acceptors (Lipinski definition) is 2. The Balaban J connectivity index is 2.45. The Morgan fingerprint density at radius 1 is 1.17 bits per heavy atom. The zero-order valence-corrected chi connectivity index (χ0v) is 11.2. The second-order valence-corrected chi connectivity index (χ2v) is 5.49. The molecule has 0 aliphatic rings. The summed E-state index contributed by atoms with van der Waals surface area (Å²) in [5.41, 5.74) is 3.87. The van der Waals surface area contributed by atoms with E-state index in [0.29, 0.717) is 5.56 Å². The highest BCUT2D eigenvalue weighted by Gasteiger charge is 2.18. The maximum Gasteiger partial charge on any atom is 0.0991 e. The molecule has 92 valence electrons. The van der Waals surface area contributed by atoms with E-state index in [0.717, 1.165) is 17.1 Å². The Bertz CT molecular complexity index is 592. The van der Waals surface area contributed by atoms with Gasteiger partial charge >= 0.3 is 0 Å². The molecule has 1 aromatic carbocycles. The first-order valence-corrected chi connectivity index (χ1v) is 5.99. The minimum absolute atomic E-state index is 0.0443. The van der Waals surface area contributed by atoms with Crippen LogP contribution in [-0.2, 0) is 5.41 Å². The highest BCUT2D eigenvalue weighted by atomic mass is 15.3. The minimum Gasteiger partial charge on any atom is -0.238 e. The van der Waals surface area contributed by atoms with Crippen molar-refractivity contribution in [3.63, 3.8) is 0 Å². The van der Waals surface area contributed by atoms with Crippen LogP contribution in [0.5, 0.6) is 0 Å². The number of nitrogens with zero attached hydrogens (tertiary/aromatic N) is 3. The van der Waals surface area contributed by atoms with Gasteiger partial charge in [-0.05, 0) is 37.3 Å². The number of rotatable bonds is 1. The van der Waals surface area contributed by atoms with Crippen LogP contribution in [0.4, 0.5) is 0 Å². The van der Waals surface area contributed by atoms with Crippen molar-refractivity contribution in [2.75, 3.05) is 0 Å². The van der Waals surface area contributed by atoms with E-state index in [2.05, 4.69) is 38.0 Å². The standard InChI is InChI=1S/C15H17N3/c1-11-9-14(15(2,3)4)17-18(11)13-7-5-12(10-16)6-8-13/h5-9H,1-4H3. The first-order valence-electron chi connectivity index (χ1n) is 5.99. The average Bonchev–Trinajstić information content (AvgIpc) is 2.71. The molecule has 0 atom stereocenters. The van der Waals surface area contributed by atoms with E-state index in [1.807, 2.05) is 35.9 Å². The van der Waals surface area contributed by atoms with Gasteiger partial charge in [0.05, 0.1) is 23.0 Å². The van der Waals surface area contributed by atoms with Crippen molar-refractivity contribution >= 4 is 0 Å². The van der Waals surface area contributed by atoms with Crippen molar-refractivity contribution in [1.29, 1.82) is 5.26 Å². The molecule has 0 aliphatic heterocycles. The summed E-state index contributed by atoms with van der Waals surface area (Å²) in [6.45, 7) is 8.49. The lowest BCUT2D eigenvalue weighted by molar-refractivity contribution is 0.560. The summed E-state index contributed by atoms with van der Waals surface area (Å²) >= 11 is 0. The molecule has 0 N–H and O–H groups in total. The predicted molar refractivity (Wildman–Crippen MR) is 71.7 cm³/mol. The first-order chi connectivity index (χ1) is 8.41. The molecule has 0 radical (unpaired) electrons. The lowest BCUT2D eigenvalue weighted by Gasteiger charge is -2.14. The van der Waals surface area contributed by atoms with Crippen molar-refractivity contribution in [3.8, 4) is 11.8 Å². The molecule has 0 aliphatic carbocycles. The summed E-state index contributed by atoms with van der Waals surface area (Å²) < 4.78 is 1.92. The first kappa shape index (κ1) is 12.4. The fourth-order valence-corrected chi connectivity index (χ4v) is 1.78. The second-order valence-electron chi connectivity index (χ2n) is 5.49. The Hall–Kier alpha value is -2.08. The highest BCUT2D eigenvalue weighted by Crippen LogP contribution is 2.23. The summed E-state index contributed by atoms with van der Waals surface area (Å²) in [5, 5.41) is 13.4. The van der Waals surface area contributed by atoms with Gasteiger partial charge in [-0.25, -0.2) is 4.68 Å². The molecule has 0 spiro atoms. The van der Waals surface area contributed by atoms with Crippen LogP contribution in [0.3, 0.4) is 0 Å². The van der Waals surface area contributed by atoms with Gasteiger partial charge in [-0.15, -0.1) is 0 Å². The summed E-state index contributed by atoms with van der Waals surface area (Å²) in [7, 11) is 0. The molecule has 0 fully saturated rings. The maximum absolute atomic E-state index is 8.79. The molecule has 2 rings (SSSR count). The zero-order chi connectivity index (χ0) is 13.3. The van der Waals surface area contributed by atoms with Crippen molar-refractivity contribution in [3.05, 3.63) is 47.3 Å². The van der Waals surface area contributed by atoms with Gasteiger partial charge < -0.3 is 0 Å². The smallest absolute Gasteiger partial charge is 0.0991 e. The van der Waals surface area contributed by atoms with Crippen LogP contribution in [0.2, 0.25) is 0 Å². The van der Waals surface area contributed by atoms with Gasteiger partial charge in [-0.1, -0.05) is 20.8 Å². The fourth-order valence-electron chi connectivity index (χ4n) is 1.78. The number of aryl methyl sites for hydroxylation is 1. The normalized spacial score (nSPS) is 11.3. The third-order valence-corrected chi connectivity index (χ3v) is 2.90. The van der Waals surface area contributed by atoms with E-state index in [1.54, 1.807) is 0 Å². The Morgan fingerprint density at radius 3 is 2.22 bits per heavy atom. The number of aromatic nitrogens is 2. The molecular formula is C15H17N3. The summed E-state index contributed by atoms with van der Waals surface area (Å²) in [6.07, 6.45) is 0. The quantitative estimate of drug-likeness (QED) is 0.765. The van der Waals surface area contributed by atoms with Crippen molar-refractivity contribution in [2.24, 2.45) is 0 Å². The van der Waals surface area contributed by atoms with E-state index in [1.165, 1.54) is 0 Å². The number of nitriles is 1. The molecule has 0 unspecified atom stereocenters. The molecule has 0 amide bonds. The third-order valence-electron chi connectivity index (χ3n) is 2.90. The average molecular weight is 239 g/mol. The molecule has 1 heterocycles. The lowest BCUT2D eigenvalue weighted by atomic mass is 9.92. The molecule has 0 bridgehead atoms. The Labute approximate surface area is 108 Å². The third kappa shape index (κ3) is 2.28. The van der Waals surface area contributed by atoms with Gasteiger partial charge in [0.1, 0.15) is 0 Å². The van der Waals surface area contributed by atoms with Gasteiger partial charge in [0, 0.05) is 11.1 Å². The molecule has 18 heavy (non-hydrogen) atoms. The molecule has 1 aromatic heterocycles. The molecule has 3 nitrogen and oxygen atoms in total. The highest BCUT2D eigenvalue weighted by molar-refractivity contribution is 5.40. The van der Waals surface area contributed by atoms with E-state index in [-0.39, 0.29) is 5.41 Å². The fraction of sp³-hybridized carbons (Fsp3) is 0.333. The van der Waals surface area contributed by atoms with Crippen LogP contribution < -0.4 is 0 Å². The van der Waals surface area contributed by atoms with Crippen molar-refractivity contribution in [1.82, 2.24) is 9.78 Å². The topological polar surface area (TPSA) is 41.6 Å². The Kier molecular flexibility index (Phi) is 2.96. The summed E-state index contributed by atoms with van der Waals surface area (Å²) in [4.78, 5) is 0. The van der Waals surface area contributed by atoms with E-state index in [4.69, 9.17) is 5.26 Å². The van der Waals surface area contributed by atoms with Crippen LogP contribution in [0, 0.1) is 18.3 Å². The maximum atomic E-state index is 8.79. The van der Waals surface area contributed by atoms with E-state index >= 15 is 0 Å². The van der Waals surface area contributed by atoms with Crippen LogP contribution >= 0.6 is 0 Å². The van der Waals surface area contributed by atoms with Crippen LogP contribution in [-0.4, -0.2) is 9.78 Å². The number of benzene rings is 1. The van der Waals surface area contributed by atoms with Gasteiger partial charge in [0.15, 0.2) is 0 Å². The van der Waals surface area contributed by atoms with Gasteiger partial charge in [0.2, 0.25) is 0 Å². The molecule has 2 aromatic rings. The second kappa shape index (κ2) is 4.30. The van der Waals surface area contributed by atoms with E-state index in [9.17, 15) is 0 Å². The van der Waals surface area contributed by atoms with E-state index < -0.39 is 0 Å². The molecule has 3 heteroatoms. The minimum atomic E-state index is 0.0443. The largest absolute Gasteiger partial charge is 0.238 e. The molecule has 0 saturated heterocycles. The zero-order valence-electron chi connectivity index (χ0n) is 11.2. The van der Waals surface area contributed by atoms with Gasteiger partial charge in [-0.2, -0.15) is 10.4 Å². The van der Waals surface area contributed by atoms with Gasteiger partial charge in [0.25, 0.3) is 0 Å². The van der Waals surface area contributed by atoms with Crippen molar-refractivity contribution in [2.45, 2.75) is 33.1 Å². The monoisotopic (exact) mass is 239 g/mol. The summed E-state index contributed by atoms with van der Waals surface area (Å²) in [5.74, 6) is 0. The van der Waals surface area contributed by atoms with Crippen LogP contribution in [0.25, 0.3) is 5.69 Å². The lowest BCUT2D eigenvalue weighted by Crippen LogP contribution is -2.12. The number of hydrogen-bond donors (Lipinski definition) is 0. The SMILES string of the molecule is Cc1cc(C(C)(C)C)nn1-c1ccc(C#N)cc1. The predicted octanol–water partition coefficient (Wildman–Crippen LogP) is 3.35. The molecule has 0 saturated carbocycles.